The van der Waals surface area contributed by atoms with Gasteiger partial charge in [-0.15, -0.1) is 11.8 Å². The van der Waals surface area contributed by atoms with E-state index in [1.165, 1.54) is 12.4 Å². The van der Waals surface area contributed by atoms with Gasteiger partial charge >= 0.3 is 0 Å². The van der Waals surface area contributed by atoms with Crippen LogP contribution in [0.1, 0.15) is 98.6 Å². The zero-order valence-electron chi connectivity index (χ0n) is 22.5. The monoisotopic (exact) mass is 509 g/mol. The molecule has 1 atom stereocenters. The molecule has 2 aromatic rings. The third kappa shape index (κ3) is 9.46. The molecule has 1 aliphatic rings. The predicted octanol–water partition coefficient (Wildman–Crippen LogP) is 5.84. The van der Waals surface area contributed by atoms with Crippen molar-refractivity contribution >= 4 is 23.6 Å². The van der Waals surface area contributed by atoms with Gasteiger partial charge in [-0.05, 0) is 65.7 Å². The van der Waals surface area contributed by atoms with E-state index in [0.29, 0.717) is 18.0 Å². The molecular formula is C28H39N5O2S. The van der Waals surface area contributed by atoms with E-state index in [4.69, 9.17) is 5.26 Å². The SMILES string of the molecule is C/C(=C\SCC(C)C)CNC(=O)c1cc(C(=O)NC2CCc3cc(C#N)ccc32)ncn1.CC.CC. The number of rotatable bonds is 8. The van der Waals surface area contributed by atoms with Crippen LogP contribution in [0.5, 0.6) is 0 Å². The van der Waals surface area contributed by atoms with Crippen LogP contribution in [0.2, 0.25) is 0 Å². The lowest BCUT2D eigenvalue weighted by atomic mass is 10.1. The smallest absolute Gasteiger partial charge is 0.270 e. The second-order valence-corrected chi connectivity index (χ2v) is 9.16. The summed E-state index contributed by atoms with van der Waals surface area (Å²) < 4.78 is 0. The molecule has 1 heterocycles. The molecule has 0 aliphatic heterocycles. The summed E-state index contributed by atoms with van der Waals surface area (Å²) in [5.74, 6) is 0.931. The highest BCUT2D eigenvalue weighted by Gasteiger charge is 2.25. The molecule has 2 N–H and O–H groups in total. The molecule has 0 spiro atoms. The van der Waals surface area contributed by atoms with Crippen molar-refractivity contribution in [1.29, 1.82) is 5.26 Å². The molecule has 1 aromatic carbocycles. The van der Waals surface area contributed by atoms with E-state index in [9.17, 15) is 9.59 Å². The molecule has 2 amide bonds. The predicted molar refractivity (Wildman–Crippen MR) is 148 cm³/mol. The molecule has 0 fully saturated rings. The van der Waals surface area contributed by atoms with Crippen LogP contribution in [-0.4, -0.2) is 34.1 Å². The number of amides is 2. The highest BCUT2D eigenvalue weighted by atomic mass is 32.2. The first kappa shape index (κ1) is 30.9. The summed E-state index contributed by atoms with van der Waals surface area (Å²) in [7, 11) is 0. The van der Waals surface area contributed by atoms with E-state index in [1.54, 1.807) is 17.8 Å². The Labute approximate surface area is 220 Å². The molecule has 7 nitrogen and oxygen atoms in total. The number of aryl methyl sites for hydroxylation is 1. The number of fused-ring (bicyclic) bond motifs is 1. The molecule has 1 unspecified atom stereocenters. The van der Waals surface area contributed by atoms with Crippen LogP contribution in [-0.2, 0) is 6.42 Å². The summed E-state index contributed by atoms with van der Waals surface area (Å²) in [4.78, 5) is 33.3. The molecule has 0 radical (unpaired) electrons. The van der Waals surface area contributed by atoms with Crippen LogP contribution in [0.3, 0.4) is 0 Å². The van der Waals surface area contributed by atoms with Crippen molar-refractivity contribution in [2.45, 2.75) is 67.3 Å². The van der Waals surface area contributed by atoms with Gasteiger partial charge < -0.3 is 10.6 Å². The maximum atomic E-state index is 12.8. The van der Waals surface area contributed by atoms with Gasteiger partial charge in [-0.2, -0.15) is 5.26 Å². The highest BCUT2D eigenvalue weighted by Crippen LogP contribution is 2.31. The van der Waals surface area contributed by atoms with Crippen LogP contribution in [0.25, 0.3) is 0 Å². The topological polar surface area (TPSA) is 108 Å². The first-order valence-corrected chi connectivity index (χ1v) is 13.6. The molecule has 1 aromatic heterocycles. The van der Waals surface area contributed by atoms with E-state index >= 15 is 0 Å². The number of nitrogens with one attached hydrogen (secondary N) is 2. The lowest BCUT2D eigenvalue weighted by Gasteiger charge is -2.14. The van der Waals surface area contributed by atoms with Crippen molar-refractivity contribution in [3.05, 3.63) is 69.7 Å². The Morgan fingerprint density at radius 3 is 2.44 bits per heavy atom. The Morgan fingerprint density at radius 2 is 1.81 bits per heavy atom. The van der Waals surface area contributed by atoms with E-state index in [0.717, 1.165) is 35.3 Å². The van der Waals surface area contributed by atoms with E-state index < -0.39 is 0 Å². The fourth-order valence-electron chi connectivity index (χ4n) is 3.41. The molecule has 36 heavy (non-hydrogen) atoms. The van der Waals surface area contributed by atoms with Gasteiger partial charge in [-0.3, -0.25) is 9.59 Å². The van der Waals surface area contributed by atoms with Crippen LogP contribution in [0.4, 0.5) is 0 Å². The van der Waals surface area contributed by atoms with Crippen LogP contribution < -0.4 is 10.6 Å². The number of benzene rings is 1. The summed E-state index contributed by atoms with van der Waals surface area (Å²) in [6, 6.07) is 8.92. The van der Waals surface area contributed by atoms with Crippen LogP contribution in [0, 0.1) is 17.2 Å². The van der Waals surface area contributed by atoms with Gasteiger partial charge in [0.05, 0.1) is 17.7 Å². The maximum Gasteiger partial charge on any atom is 0.270 e. The average molecular weight is 510 g/mol. The van der Waals surface area contributed by atoms with Crippen LogP contribution >= 0.6 is 11.8 Å². The Kier molecular flexibility index (Phi) is 14.1. The second-order valence-electron chi connectivity index (χ2n) is 8.25. The van der Waals surface area contributed by atoms with Gasteiger partial charge in [-0.25, -0.2) is 9.97 Å². The molecule has 3 rings (SSSR count). The van der Waals surface area contributed by atoms with Crippen molar-refractivity contribution in [2.24, 2.45) is 5.92 Å². The largest absolute Gasteiger partial charge is 0.347 e. The normalized spacial score (nSPS) is 13.9. The lowest BCUT2D eigenvalue weighted by Crippen LogP contribution is -2.29. The molecule has 0 saturated carbocycles. The van der Waals surface area contributed by atoms with Crippen molar-refractivity contribution < 1.29 is 9.59 Å². The molecule has 8 heteroatoms. The first-order valence-electron chi connectivity index (χ1n) is 12.6. The van der Waals surface area contributed by atoms with Gasteiger partial charge in [0.1, 0.15) is 17.7 Å². The Morgan fingerprint density at radius 1 is 1.14 bits per heavy atom. The molecular weight excluding hydrogens is 470 g/mol. The van der Waals surface area contributed by atoms with Gasteiger partial charge in [-0.1, -0.05) is 47.6 Å². The fourth-order valence-corrected chi connectivity index (χ4v) is 4.26. The Bertz CT molecular complexity index is 1080. The summed E-state index contributed by atoms with van der Waals surface area (Å²) in [5, 5.41) is 16.9. The zero-order chi connectivity index (χ0) is 27.1. The molecule has 1 aliphatic carbocycles. The summed E-state index contributed by atoms with van der Waals surface area (Å²) in [5.41, 5.74) is 4.06. The van der Waals surface area contributed by atoms with Crippen molar-refractivity contribution in [2.75, 3.05) is 12.3 Å². The van der Waals surface area contributed by atoms with Crippen molar-refractivity contribution in [3.8, 4) is 6.07 Å². The van der Waals surface area contributed by atoms with E-state index in [2.05, 4.69) is 45.9 Å². The fraction of sp³-hybridized carbons (Fsp3) is 0.464. The maximum absolute atomic E-state index is 12.8. The number of aromatic nitrogens is 2. The second kappa shape index (κ2) is 16.5. The first-order chi connectivity index (χ1) is 17.4. The summed E-state index contributed by atoms with van der Waals surface area (Å²) in [6.07, 6.45) is 2.79. The van der Waals surface area contributed by atoms with E-state index in [1.807, 2.05) is 46.8 Å². The van der Waals surface area contributed by atoms with Gasteiger partial charge in [0.15, 0.2) is 0 Å². The average Bonchev–Trinajstić information content (AvgIpc) is 3.31. The number of nitriles is 1. The van der Waals surface area contributed by atoms with Gasteiger partial charge in [0.25, 0.3) is 11.8 Å². The Balaban J connectivity index is 0.00000154. The molecule has 0 saturated heterocycles. The number of hydrogen-bond acceptors (Lipinski definition) is 6. The Hall–Kier alpha value is -3.18. The quantitative estimate of drug-likeness (QED) is 0.463. The minimum atomic E-state index is -0.357. The van der Waals surface area contributed by atoms with Crippen molar-refractivity contribution in [1.82, 2.24) is 20.6 Å². The standard InChI is InChI=1S/C24H27N5O2S.2C2H6/c1-15(2)12-32-13-16(3)11-26-23(30)21-9-22(28-14-27-21)24(31)29-20-7-5-18-8-17(10-25)4-6-19(18)20;2*1-2/h4,6,8-9,13-15,20H,5,7,11-12H2,1-3H3,(H,26,30)(H,29,31);2*1-2H3/b16-13+;;. The van der Waals surface area contributed by atoms with Crippen LogP contribution in [0.15, 0.2) is 41.6 Å². The number of carbonyl (C=O) groups is 2. The number of carbonyl (C=O) groups excluding carboxylic acids is 2. The third-order valence-corrected chi connectivity index (χ3v) is 6.46. The van der Waals surface area contributed by atoms with Gasteiger partial charge in [0.2, 0.25) is 0 Å². The van der Waals surface area contributed by atoms with Gasteiger partial charge in [0, 0.05) is 12.6 Å². The number of thioether (sulfide) groups is 1. The minimum absolute atomic E-state index is 0.145. The van der Waals surface area contributed by atoms with Crippen molar-refractivity contribution in [3.63, 3.8) is 0 Å². The number of hydrogen-bond donors (Lipinski definition) is 2. The third-order valence-electron chi connectivity index (χ3n) is 5.03. The van der Waals surface area contributed by atoms with E-state index in [-0.39, 0.29) is 29.2 Å². The lowest BCUT2D eigenvalue weighted by molar-refractivity contribution is 0.0931. The molecule has 194 valence electrons. The minimum Gasteiger partial charge on any atom is -0.347 e. The number of nitrogens with zero attached hydrogens (tertiary/aromatic N) is 3. The highest BCUT2D eigenvalue weighted by molar-refractivity contribution is 8.02. The zero-order valence-corrected chi connectivity index (χ0v) is 23.3. The summed E-state index contributed by atoms with van der Waals surface area (Å²) >= 11 is 1.73. The summed E-state index contributed by atoms with van der Waals surface area (Å²) in [6.45, 7) is 14.7. The molecule has 0 bridgehead atoms.